The summed E-state index contributed by atoms with van der Waals surface area (Å²) in [5.41, 5.74) is 3.28. The average molecular weight is 359 g/mol. The van der Waals surface area contributed by atoms with Gasteiger partial charge < -0.3 is 20.4 Å². The Kier molecular flexibility index (Phi) is 4.11. The lowest BCUT2D eigenvalue weighted by molar-refractivity contribution is -0.116. The molecule has 26 heavy (non-hydrogen) atoms. The van der Waals surface area contributed by atoms with Gasteiger partial charge in [-0.2, -0.15) is 4.98 Å². The first kappa shape index (κ1) is 16.2. The van der Waals surface area contributed by atoms with Crippen LogP contribution < -0.4 is 16.0 Å². The molecule has 7 nitrogen and oxygen atoms in total. The van der Waals surface area contributed by atoms with Crippen LogP contribution in [0.5, 0.6) is 0 Å². The number of amides is 1. The Morgan fingerprint density at radius 2 is 2.12 bits per heavy atom. The van der Waals surface area contributed by atoms with Gasteiger partial charge in [0.15, 0.2) is 11.4 Å². The van der Waals surface area contributed by atoms with Gasteiger partial charge in [0.1, 0.15) is 5.52 Å². The van der Waals surface area contributed by atoms with Gasteiger partial charge in [-0.25, -0.2) is 13.8 Å². The third kappa shape index (κ3) is 3.28. The van der Waals surface area contributed by atoms with Crippen molar-refractivity contribution in [1.82, 2.24) is 9.97 Å². The van der Waals surface area contributed by atoms with E-state index in [0.29, 0.717) is 29.6 Å². The number of halogens is 2. The van der Waals surface area contributed by atoms with E-state index in [2.05, 4.69) is 25.9 Å². The topological polar surface area (TPSA) is 92.1 Å². The van der Waals surface area contributed by atoms with Crippen molar-refractivity contribution in [2.24, 2.45) is 0 Å². The van der Waals surface area contributed by atoms with Crippen molar-refractivity contribution in [1.29, 1.82) is 0 Å². The molecule has 1 aliphatic heterocycles. The van der Waals surface area contributed by atoms with E-state index < -0.39 is 13.0 Å². The molecule has 0 atom stereocenters. The van der Waals surface area contributed by atoms with Crippen molar-refractivity contribution >= 4 is 40.1 Å². The number of carbonyl (C=O) groups excluding carboxylic acids is 1. The number of benzene rings is 1. The van der Waals surface area contributed by atoms with Crippen LogP contribution in [-0.2, 0) is 11.2 Å². The van der Waals surface area contributed by atoms with Crippen LogP contribution in [0.25, 0.3) is 11.1 Å². The second-order valence-corrected chi connectivity index (χ2v) is 5.85. The first-order valence-electron chi connectivity index (χ1n) is 8.05. The molecule has 134 valence electrons. The molecule has 3 heterocycles. The Bertz CT molecular complexity index is 973. The molecule has 0 saturated carbocycles. The van der Waals surface area contributed by atoms with Crippen molar-refractivity contribution in [3.63, 3.8) is 0 Å². The molecule has 1 aromatic carbocycles. The maximum Gasteiger partial charge on any atom is 0.255 e. The van der Waals surface area contributed by atoms with Gasteiger partial charge >= 0.3 is 0 Å². The number of anilines is 4. The maximum atomic E-state index is 12.5. The number of hydrogen-bond acceptors (Lipinski definition) is 6. The Morgan fingerprint density at radius 3 is 2.96 bits per heavy atom. The van der Waals surface area contributed by atoms with Gasteiger partial charge in [0.25, 0.3) is 6.43 Å². The van der Waals surface area contributed by atoms with E-state index in [1.54, 1.807) is 12.1 Å². The largest absolute Gasteiger partial charge is 0.459 e. The standard InChI is InChI=1S/C17H15F2N5O2/c18-13(19)8-20-16-15-11(5-6-26-15)23-17(24-16)21-10-3-1-9-2-4-14(25)22-12(9)7-10/h1,3,5-7,13H,2,4,8H2,(H,22,25)(H2,20,21,23,24). The van der Waals surface area contributed by atoms with Crippen LogP contribution in [0.4, 0.5) is 31.9 Å². The smallest absolute Gasteiger partial charge is 0.255 e. The zero-order valence-electron chi connectivity index (χ0n) is 13.6. The summed E-state index contributed by atoms with van der Waals surface area (Å²) in [6.07, 6.45) is 0.0703. The minimum absolute atomic E-state index is 0.0239. The SMILES string of the molecule is O=C1CCc2ccc(Nc3nc(NCC(F)F)c4occc4n3)cc2N1. The molecule has 2 aromatic heterocycles. The van der Waals surface area contributed by atoms with Crippen LogP contribution in [0.2, 0.25) is 0 Å². The number of carbonyl (C=O) groups is 1. The Balaban J connectivity index is 1.62. The molecule has 0 unspecified atom stereocenters. The molecular weight excluding hydrogens is 344 g/mol. The average Bonchev–Trinajstić information content (AvgIpc) is 3.08. The van der Waals surface area contributed by atoms with Gasteiger partial charge in [0.2, 0.25) is 11.9 Å². The molecule has 3 aromatic rings. The highest BCUT2D eigenvalue weighted by Crippen LogP contribution is 2.28. The number of aryl methyl sites for hydroxylation is 1. The second-order valence-electron chi connectivity index (χ2n) is 5.85. The summed E-state index contributed by atoms with van der Waals surface area (Å²) >= 11 is 0. The summed E-state index contributed by atoms with van der Waals surface area (Å²) in [5, 5.41) is 8.42. The minimum atomic E-state index is -2.52. The highest BCUT2D eigenvalue weighted by atomic mass is 19.3. The number of fused-ring (bicyclic) bond motifs is 2. The molecule has 0 bridgehead atoms. The lowest BCUT2D eigenvalue weighted by Gasteiger charge is -2.18. The first-order chi connectivity index (χ1) is 12.6. The van der Waals surface area contributed by atoms with E-state index in [9.17, 15) is 13.6 Å². The fourth-order valence-corrected chi connectivity index (χ4v) is 2.79. The number of nitrogens with zero attached hydrogens (tertiary/aromatic N) is 2. The van der Waals surface area contributed by atoms with Crippen molar-refractivity contribution in [2.75, 3.05) is 22.5 Å². The molecule has 0 spiro atoms. The molecule has 1 amide bonds. The van der Waals surface area contributed by atoms with E-state index >= 15 is 0 Å². The van der Waals surface area contributed by atoms with Crippen LogP contribution >= 0.6 is 0 Å². The maximum absolute atomic E-state index is 12.5. The van der Waals surface area contributed by atoms with E-state index in [1.165, 1.54) is 6.26 Å². The number of furan rings is 1. The third-order valence-electron chi connectivity index (χ3n) is 3.99. The number of aromatic nitrogens is 2. The second kappa shape index (κ2) is 6.58. The van der Waals surface area contributed by atoms with Crippen molar-refractivity contribution in [3.8, 4) is 0 Å². The lowest BCUT2D eigenvalue weighted by atomic mass is 10.0. The lowest BCUT2D eigenvalue weighted by Crippen LogP contribution is -2.18. The molecule has 9 heteroatoms. The summed E-state index contributed by atoms with van der Waals surface area (Å²) < 4.78 is 30.3. The van der Waals surface area contributed by atoms with E-state index in [0.717, 1.165) is 11.3 Å². The normalized spacial score (nSPS) is 13.6. The zero-order valence-corrected chi connectivity index (χ0v) is 13.6. The van der Waals surface area contributed by atoms with Crippen LogP contribution in [0.3, 0.4) is 0 Å². The monoisotopic (exact) mass is 359 g/mol. The van der Waals surface area contributed by atoms with Crippen LogP contribution in [-0.4, -0.2) is 28.8 Å². The summed E-state index contributed by atoms with van der Waals surface area (Å²) in [7, 11) is 0. The fourth-order valence-electron chi connectivity index (χ4n) is 2.79. The van der Waals surface area contributed by atoms with Crippen LogP contribution in [0.15, 0.2) is 34.9 Å². The number of alkyl halides is 2. The van der Waals surface area contributed by atoms with Gasteiger partial charge in [0.05, 0.1) is 12.8 Å². The van der Waals surface area contributed by atoms with E-state index in [4.69, 9.17) is 4.42 Å². The molecule has 4 rings (SSSR count). The van der Waals surface area contributed by atoms with Crippen molar-refractivity contribution in [2.45, 2.75) is 19.3 Å². The van der Waals surface area contributed by atoms with Gasteiger partial charge in [-0.1, -0.05) is 6.07 Å². The predicted octanol–water partition coefficient (Wildman–Crippen LogP) is 3.53. The fraction of sp³-hybridized carbons (Fsp3) is 0.235. The molecule has 0 fully saturated rings. The predicted molar refractivity (Wildman–Crippen MR) is 93.0 cm³/mol. The van der Waals surface area contributed by atoms with Crippen molar-refractivity contribution in [3.05, 3.63) is 36.1 Å². The van der Waals surface area contributed by atoms with Gasteiger partial charge in [-0.3, -0.25) is 4.79 Å². The molecule has 1 aliphatic rings. The van der Waals surface area contributed by atoms with Gasteiger partial charge in [-0.05, 0) is 24.1 Å². The van der Waals surface area contributed by atoms with Crippen molar-refractivity contribution < 1.29 is 18.0 Å². The van der Waals surface area contributed by atoms with Gasteiger partial charge in [-0.15, -0.1) is 0 Å². The highest BCUT2D eigenvalue weighted by Gasteiger charge is 2.16. The van der Waals surface area contributed by atoms with E-state index in [-0.39, 0.29) is 17.7 Å². The summed E-state index contributed by atoms with van der Waals surface area (Å²) in [6, 6.07) is 7.19. The van der Waals surface area contributed by atoms with Crippen LogP contribution in [0, 0.1) is 0 Å². The molecule has 3 N–H and O–H groups in total. The Hall–Kier alpha value is -3.23. The third-order valence-corrected chi connectivity index (χ3v) is 3.99. The first-order valence-corrected chi connectivity index (χ1v) is 8.05. The quantitative estimate of drug-likeness (QED) is 0.645. The highest BCUT2D eigenvalue weighted by molar-refractivity contribution is 5.94. The zero-order chi connectivity index (χ0) is 18.1. The summed E-state index contributed by atoms with van der Waals surface area (Å²) in [5.74, 6) is 0.399. The number of nitrogens with one attached hydrogen (secondary N) is 3. The molecular formula is C17H15F2N5O2. The molecule has 0 aliphatic carbocycles. The summed E-state index contributed by atoms with van der Waals surface area (Å²) in [6.45, 7) is -0.545. The molecule has 0 saturated heterocycles. The van der Waals surface area contributed by atoms with Crippen LogP contribution in [0.1, 0.15) is 12.0 Å². The minimum Gasteiger partial charge on any atom is -0.459 e. The number of rotatable bonds is 5. The van der Waals surface area contributed by atoms with E-state index in [1.807, 2.05) is 12.1 Å². The summed E-state index contributed by atoms with van der Waals surface area (Å²) in [4.78, 5) is 20.1. The van der Waals surface area contributed by atoms with Gasteiger partial charge in [0, 0.05) is 23.9 Å². The Morgan fingerprint density at radius 1 is 1.23 bits per heavy atom. The Labute approximate surface area is 146 Å². The number of hydrogen-bond donors (Lipinski definition) is 3. The molecule has 0 radical (unpaired) electrons.